The van der Waals surface area contributed by atoms with E-state index in [0.717, 1.165) is 18.4 Å². The number of carboxylic acids is 1. The Labute approximate surface area is 111 Å². The van der Waals surface area contributed by atoms with Gasteiger partial charge in [-0.2, -0.15) is 0 Å². The Balaban J connectivity index is 2.18. The Hall–Kier alpha value is -1.03. The zero-order valence-corrected chi connectivity index (χ0v) is 11.4. The van der Waals surface area contributed by atoms with Gasteiger partial charge in [0.15, 0.2) is 0 Å². The molecule has 1 aliphatic rings. The van der Waals surface area contributed by atoms with Gasteiger partial charge in [0.25, 0.3) is 0 Å². The minimum absolute atomic E-state index is 0.00154. The Morgan fingerprint density at radius 3 is 2.67 bits per heavy atom. The molecule has 0 aromatic heterocycles. The van der Waals surface area contributed by atoms with Gasteiger partial charge in [-0.25, -0.2) is 4.39 Å². The molecule has 1 aromatic rings. The highest BCUT2D eigenvalue weighted by atomic mass is 32.2. The van der Waals surface area contributed by atoms with Crippen molar-refractivity contribution >= 4 is 17.7 Å². The highest BCUT2D eigenvalue weighted by Crippen LogP contribution is 2.41. The maximum absolute atomic E-state index is 13.9. The van der Waals surface area contributed by atoms with Crippen molar-refractivity contribution in [1.82, 2.24) is 0 Å². The lowest BCUT2D eigenvalue weighted by molar-refractivity contribution is -0.138. The van der Waals surface area contributed by atoms with Crippen LogP contribution in [0.4, 0.5) is 4.39 Å². The molecule has 0 spiro atoms. The van der Waals surface area contributed by atoms with Gasteiger partial charge in [0.2, 0.25) is 0 Å². The Kier molecular flexibility index (Phi) is 3.66. The second kappa shape index (κ2) is 4.92. The number of halogens is 1. The first-order valence-corrected chi connectivity index (χ1v) is 6.95. The van der Waals surface area contributed by atoms with Crippen LogP contribution in [-0.2, 0) is 10.2 Å². The van der Waals surface area contributed by atoms with E-state index in [2.05, 4.69) is 0 Å². The SMILES string of the molecule is CC(C)(CC(=O)O)c1ccc(SC2CC2)c(F)c1. The summed E-state index contributed by atoms with van der Waals surface area (Å²) in [5.74, 6) is -1.10. The van der Waals surface area contributed by atoms with E-state index >= 15 is 0 Å². The Morgan fingerprint density at radius 1 is 1.50 bits per heavy atom. The maximum atomic E-state index is 13.9. The van der Waals surface area contributed by atoms with Crippen LogP contribution in [0.5, 0.6) is 0 Å². The van der Waals surface area contributed by atoms with E-state index in [0.29, 0.717) is 10.1 Å². The summed E-state index contributed by atoms with van der Waals surface area (Å²) in [5.41, 5.74) is 0.192. The fourth-order valence-corrected chi connectivity index (χ4v) is 2.91. The molecule has 0 amide bonds. The van der Waals surface area contributed by atoms with Crippen LogP contribution in [-0.4, -0.2) is 16.3 Å². The van der Waals surface area contributed by atoms with Crippen molar-refractivity contribution in [2.75, 3.05) is 0 Å². The van der Waals surface area contributed by atoms with Gasteiger partial charge >= 0.3 is 5.97 Å². The predicted octanol–water partition coefficient (Wildman–Crippen LogP) is 3.83. The van der Waals surface area contributed by atoms with Gasteiger partial charge in [0.05, 0.1) is 6.42 Å². The number of carbonyl (C=O) groups is 1. The third kappa shape index (κ3) is 3.25. The molecule has 0 unspecified atom stereocenters. The van der Waals surface area contributed by atoms with Crippen LogP contribution in [0.3, 0.4) is 0 Å². The zero-order valence-electron chi connectivity index (χ0n) is 10.6. The van der Waals surface area contributed by atoms with Crippen molar-refractivity contribution in [3.8, 4) is 0 Å². The van der Waals surface area contributed by atoms with E-state index in [-0.39, 0.29) is 12.2 Å². The summed E-state index contributed by atoms with van der Waals surface area (Å²) in [5, 5.41) is 9.43. The van der Waals surface area contributed by atoms with Gasteiger partial charge in [-0.3, -0.25) is 4.79 Å². The number of carboxylic acid groups (broad SMARTS) is 1. The summed E-state index contributed by atoms with van der Waals surface area (Å²) >= 11 is 1.58. The van der Waals surface area contributed by atoms with Gasteiger partial charge in [-0.05, 0) is 30.5 Å². The van der Waals surface area contributed by atoms with Crippen molar-refractivity contribution < 1.29 is 14.3 Å². The average Bonchev–Trinajstić information content (AvgIpc) is 3.02. The summed E-state index contributed by atoms with van der Waals surface area (Å²) in [6.45, 7) is 3.65. The summed E-state index contributed by atoms with van der Waals surface area (Å²) < 4.78 is 13.9. The molecule has 0 atom stereocenters. The molecule has 18 heavy (non-hydrogen) atoms. The van der Waals surface area contributed by atoms with Gasteiger partial charge in [0.1, 0.15) is 5.82 Å². The normalized spacial score (nSPS) is 15.7. The number of hydrogen-bond acceptors (Lipinski definition) is 2. The molecule has 1 N–H and O–H groups in total. The first-order valence-electron chi connectivity index (χ1n) is 6.07. The second-order valence-corrected chi connectivity index (χ2v) is 6.76. The van der Waals surface area contributed by atoms with E-state index in [1.165, 1.54) is 6.07 Å². The third-order valence-corrected chi connectivity index (χ3v) is 4.51. The van der Waals surface area contributed by atoms with Crippen LogP contribution in [0, 0.1) is 5.82 Å². The quantitative estimate of drug-likeness (QED) is 0.881. The van der Waals surface area contributed by atoms with Crippen molar-refractivity contribution in [2.45, 2.75) is 48.7 Å². The Morgan fingerprint density at radius 2 is 2.17 bits per heavy atom. The van der Waals surface area contributed by atoms with E-state index in [4.69, 9.17) is 5.11 Å². The first-order chi connectivity index (χ1) is 8.38. The van der Waals surface area contributed by atoms with E-state index in [1.807, 2.05) is 19.9 Å². The molecule has 4 heteroatoms. The molecule has 0 radical (unpaired) electrons. The van der Waals surface area contributed by atoms with Crippen LogP contribution < -0.4 is 0 Å². The van der Waals surface area contributed by atoms with Crippen LogP contribution >= 0.6 is 11.8 Å². The van der Waals surface area contributed by atoms with Crippen LogP contribution in [0.25, 0.3) is 0 Å². The van der Waals surface area contributed by atoms with Crippen molar-refractivity contribution in [3.05, 3.63) is 29.6 Å². The molecule has 0 bridgehead atoms. The standard InChI is InChI=1S/C14H17FO2S/c1-14(2,8-13(16)17)9-3-6-12(11(15)7-9)18-10-4-5-10/h3,6-7,10H,4-5,8H2,1-2H3,(H,16,17). The topological polar surface area (TPSA) is 37.3 Å². The molecule has 1 saturated carbocycles. The molecule has 0 aliphatic heterocycles. The molecular weight excluding hydrogens is 251 g/mol. The molecule has 2 nitrogen and oxygen atoms in total. The van der Waals surface area contributed by atoms with Gasteiger partial charge in [-0.1, -0.05) is 19.9 Å². The van der Waals surface area contributed by atoms with Crippen LogP contribution in [0.1, 0.15) is 38.7 Å². The fourth-order valence-electron chi connectivity index (χ4n) is 1.86. The molecule has 1 fully saturated rings. The molecule has 2 rings (SSSR count). The van der Waals surface area contributed by atoms with Crippen molar-refractivity contribution in [2.24, 2.45) is 0 Å². The molecule has 1 aliphatic carbocycles. The highest BCUT2D eigenvalue weighted by Gasteiger charge is 2.27. The van der Waals surface area contributed by atoms with Crippen LogP contribution in [0.15, 0.2) is 23.1 Å². The van der Waals surface area contributed by atoms with Gasteiger partial charge in [0, 0.05) is 15.6 Å². The maximum Gasteiger partial charge on any atom is 0.304 e. The molecule has 0 saturated heterocycles. The molecule has 0 heterocycles. The number of benzene rings is 1. The number of hydrogen-bond donors (Lipinski definition) is 1. The van der Waals surface area contributed by atoms with Gasteiger partial charge in [-0.15, -0.1) is 11.8 Å². The lowest BCUT2D eigenvalue weighted by Gasteiger charge is -2.23. The lowest BCUT2D eigenvalue weighted by atomic mass is 9.81. The Bertz CT molecular complexity index is 467. The van der Waals surface area contributed by atoms with Gasteiger partial charge < -0.3 is 5.11 Å². The monoisotopic (exact) mass is 268 g/mol. The lowest BCUT2D eigenvalue weighted by Crippen LogP contribution is -2.21. The third-order valence-electron chi connectivity index (χ3n) is 3.12. The largest absolute Gasteiger partial charge is 0.481 e. The highest BCUT2D eigenvalue weighted by molar-refractivity contribution is 8.00. The minimum Gasteiger partial charge on any atom is -0.481 e. The minimum atomic E-state index is -0.864. The van der Waals surface area contributed by atoms with Crippen LogP contribution in [0.2, 0.25) is 0 Å². The van der Waals surface area contributed by atoms with E-state index in [1.54, 1.807) is 17.8 Å². The zero-order chi connectivity index (χ0) is 13.3. The molecular formula is C14H17FO2S. The van der Waals surface area contributed by atoms with Crippen molar-refractivity contribution in [1.29, 1.82) is 0 Å². The first kappa shape index (κ1) is 13.4. The summed E-state index contributed by atoms with van der Waals surface area (Å²) in [6.07, 6.45) is 2.33. The summed E-state index contributed by atoms with van der Waals surface area (Å²) in [6, 6.07) is 5.10. The number of rotatable bonds is 5. The van der Waals surface area contributed by atoms with Crippen molar-refractivity contribution in [3.63, 3.8) is 0 Å². The predicted molar refractivity (Wildman–Crippen MR) is 70.6 cm³/mol. The summed E-state index contributed by atoms with van der Waals surface area (Å²) in [4.78, 5) is 11.5. The number of aliphatic carboxylic acids is 1. The smallest absolute Gasteiger partial charge is 0.304 e. The number of thioether (sulfide) groups is 1. The van der Waals surface area contributed by atoms with E-state index < -0.39 is 11.4 Å². The molecule has 98 valence electrons. The fraction of sp³-hybridized carbons (Fsp3) is 0.500. The summed E-state index contributed by atoms with van der Waals surface area (Å²) in [7, 11) is 0. The molecule has 1 aromatic carbocycles. The average molecular weight is 268 g/mol. The second-order valence-electron chi connectivity index (χ2n) is 5.42. The van der Waals surface area contributed by atoms with E-state index in [9.17, 15) is 9.18 Å².